The summed E-state index contributed by atoms with van der Waals surface area (Å²) in [4.78, 5) is 26.0. The number of methoxy groups -OCH3 is 1. The number of ether oxygens (including phenoxy) is 3. The number of nitrogens with zero attached hydrogens (tertiary/aromatic N) is 1. The number of carbonyl (C=O) groups is 2. The third kappa shape index (κ3) is 5.88. The molecular weight excluding hydrogens is 410 g/mol. The van der Waals surface area contributed by atoms with E-state index in [9.17, 15) is 14.7 Å². The van der Waals surface area contributed by atoms with Crippen molar-refractivity contribution in [2.45, 2.75) is 32.8 Å². The van der Waals surface area contributed by atoms with Gasteiger partial charge in [0.1, 0.15) is 11.4 Å². The lowest BCUT2D eigenvalue weighted by Crippen LogP contribution is -2.41. The Hall–Kier alpha value is -3.32. The van der Waals surface area contributed by atoms with Crippen LogP contribution in [0.1, 0.15) is 32.8 Å². The summed E-state index contributed by atoms with van der Waals surface area (Å²) >= 11 is 0. The SMILES string of the molecule is COCOc1cc(C2=C(C(=O)O)CN(C(=O)OC(C)(C)C)CC2)cc(-c2ccccc2)c1. The van der Waals surface area contributed by atoms with Gasteiger partial charge in [-0.3, -0.25) is 0 Å². The Kier molecular flexibility index (Phi) is 7.20. The molecule has 7 nitrogen and oxygen atoms in total. The largest absolute Gasteiger partial charge is 0.478 e. The third-order valence-corrected chi connectivity index (χ3v) is 4.96. The standard InChI is InChI=1S/C25H29NO6/c1-25(2,3)32-24(29)26-11-10-21(22(15-26)23(27)28)19-12-18(17-8-6-5-7-9-17)13-20(14-19)31-16-30-4/h5-9,12-14H,10-11,15-16H2,1-4H3,(H,27,28). The van der Waals surface area contributed by atoms with Gasteiger partial charge in [-0.2, -0.15) is 0 Å². The van der Waals surface area contributed by atoms with Gasteiger partial charge in [-0.25, -0.2) is 9.59 Å². The Morgan fingerprint density at radius 1 is 1.03 bits per heavy atom. The molecule has 0 spiro atoms. The highest BCUT2D eigenvalue weighted by Gasteiger charge is 2.30. The molecule has 0 fully saturated rings. The summed E-state index contributed by atoms with van der Waals surface area (Å²) in [7, 11) is 1.54. The van der Waals surface area contributed by atoms with Crippen molar-refractivity contribution in [2.24, 2.45) is 0 Å². The molecule has 7 heteroatoms. The van der Waals surface area contributed by atoms with Crippen LogP contribution in [0.4, 0.5) is 4.79 Å². The molecule has 32 heavy (non-hydrogen) atoms. The zero-order chi connectivity index (χ0) is 23.3. The van der Waals surface area contributed by atoms with Crippen LogP contribution in [0.2, 0.25) is 0 Å². The Balaban J connectivity index is 2.01. The summed E-state index contributed by atoms with van der Waals surface area (Å²) in [6.07, 6.45) is -0.125. The van der Waals surface area contributed by atoms with Gasteiger partial charge < -0.3 is 24.2 Å². The fourth-order valence-electron chi connectivity index (χ4n) is 3.54. The summed E-state index contributed by atoms with van der Waals surface area (Å²) in [5.74, 6) is -0.479. The Morgan fingerprint density at radius 3 is 2.34 bits per heavy atom. The lowest BCUT2D eigenvalue weighted by molar-refractivity contribution is -0.132. The van der Waals surface area contributed by atoms with Crippen LogP contribution in [0.5, 0.6) is 5.75 Å². The number of carbonyl (C=O) groups excluding carboxylic acids is 1. The maximum atomic E-state index is 12.5. The zero-order valence-electron chi connectivity index (χ0n) is 18.9. The molecule has 0 unspecified atom stereocenters. The van der Waals surface area contributed by atoms with Crippen LogP contribution in [0.3, 0.4) is 0 Å². The van der Waals surface area contributed by atoms with E-state index in [1.54, 1.807) is 27.9 Å². The van der Waals surface area contributed by atoms with E-state index in [-0.39, 0.29) is 18.9 Å². The molecule has 0 atom stereocenters. The molecule has 3 rings (SSSR count). The van der Waals surface area contributed by atoms with Gasteiger partial charge >= 0.3 is 12.1 Å². The highest BCUT2D eigenvalue weighted by molar-refractivity contribution is 5.98. The van der Waals surface area contributed by atoms with Crippen LogP contribution in [0.25, 0.3) is 16.7 Å². The number of hydrogen-bond acceptors (Lipinski definition) is 5. The van der Waals surface area contributed by atoms with Crippen molar-refractivity contribution in [1.29, 1.82) is 0 Å². The van der Waals surface area contributed by atoms with Crippen LogP contribution in [0.15, 0.2) is 54.1 Å². The van der Waals surface area contributed by atoms with Crippen molar-refractivity contribution in [3.05, 3.63) is 59.7 Å². The number of hydrogen-bond donors (Lipinski definition) is 1. The van der Waals surface area contributed by atoms with Gasteiger partial charge in [0.15, 0.2) is 6.79 Å². The molecule has 1 heterocycles. The smallest absolute Gasteiger partial charge is 0.410 e. The Labute approximate surface area is 188 Å². The van der Waals surface area contributed by atoms with E-state index >= 15 is 0 Å². The van der Waals surface area contributed by atoms with E-state index in [1.165, 1.54) is 4.90 Å². The van der Waals surface area contributed by atoms with Crippen molar-refractivity contribution < 1.29 is 28.9 Å². The number of amides is 1. The molecule has 1 aliphatic rings. The van der Waals surface area contributed by atoms with Gasteiger partial charge in [-0.15, -0.1) is 0 Å². The number of aliphatic carboxylic acids is 1. The third-order valence-electron chi connectivity index (χ3n) is 4.96. The fourth-order valence-corrected chi connectivity index (χ4v) is 3.54. The van der Waals surface area contributed by atoms with Crippen molar-refractivity contribution in [3.63, 3.8) is 0 Å². The predicted molar refractivity (Wildman–Crippen MR) is 121 cm³/mol. The molecule has 1 N–H and O–H groups in total. The van der Waals surface area contributed by atoms with Gasteiger partial charge in [0.2, 0.25) is 0 Å². The number of benzene rings is 2. The highest BCUT2D eigenvalue weighted by atomic mass is 16.7. The Morgan fingerprint density at radius 2 is 1.72 bits per heavy atom. The second kappa shape index (κ2) is 9.87. The van der Waals surface area contributed by atoms with E-state index < -0.39 is 17.7 Å². The molecule has 1 aliphatic heterocycles. The number of rotatable bonds is 6. The lowest BCUT2D eigenvalue weighted by atomic mass is 9.91. The normalized spacial score (nSPS) is 14.3. The first-order valence-corrected chi connectivity index (χ1v) is 10.4. The molecule has 1 amide bonds. The zero-order valence-corrected chi connectivity index (χ0v) is 18.9. The van der Waals surface area contributed by atoms with Crippen molar-refractivity contribution >= 4 is 17.6 Å². The average Bonchev–Trinajstić information content (AvgIpc) is 2.76. The first-order chi connectivity index (χ1) is 15.2. The van der Waals surface area contributed by atoms with Gasteiger partial charge in [0.25, 0.3) is 0 Å². The van der Waals surface area contributed by atoms with E-state index in [4.69, 9.17) is 14.2 Å². The van der Waals surface area contributed by atoms with E-state index in [1.807, 2.05) is 48.5 Å². The number of carboxylic acid groups (broad SMARTS) is 1. The minimum atomic E-state index is -1.06. The quantitative estimate of drug-likeness (QED) is 0.650. The van der Waals surface area contributed by atoms with Crippen molar-refractivity contribution in [3.8, 4) is 16.9 Å². The van der Waals surface area contributed by atoms with Gasteiger partial charge in [-0.05, 0) is 67.7 Å². The molecule has 170 valence electrons. The molecule has 0 radical (unpaired) electrons. The minimum Gasteiger partial charge on any atom is -0.478 e. The summed E-state index contributed by atoms with van der Waals surface area (Å²) in [5, 5.41) is 9.91. The monoisotopic (exact) mass is 439 g/mol. The summed E-state index contributed by atoms with van der Waals surface area (Å²) < 4.78 is 16.1. The van der Waals surface area contributed by atoms with Crippen LogP contribution in [0, 0.1) is 0 Å². The summed E-state index contributed by atoms with van der Waals surface area (Å²) in [6.45, 7) is 5.77. The maximum absolute atomic E-state index is 12.5. The second-order valence-corrected chi connectivity index (χ2v) is 8.58. The maximum Gasteiger partial charge on any atom is 0.410 e. The molecule has 0 aliphatic carbocycles. The Bertz CT molecular complexity index is 1010. The van der Waals surface area contributed by atoms with Crippen LogP contribution in [-0.2, 0) is 14.3 Å². The van der Waals surface area contributed by atoms with Gasteiger partial charge in [0.05, 0.1) is 12.1 Å². The molecule has 2 aromatic rings. The topological polar surface area (TPSA) is 85.3 Å². The molecule has 0 saturated heterocycles. The van der Waals surface area contributed by atoms with Crippen molar-refractivity contribution in [1.82, 2.24) is 4.90 Å². The van der Waals surface area contributed by atoms with Crippen LogP contribution < -0.4 is 4.74 Å². The first kappa shape index (κ1) is 23.3. The summed E-state index contributed by atoms with van der Waals surface area (Å²) in [6, 6.07) is 15.5. The van der Waals surface area contributed by atoms with Crippen molar-refractivity contribution in [2.75, 3.05) is 27.0 Å². The van der Waals surface area contributed by atoms with Gasteiger partial charge in [-0.1, -0.05) is 30.3 Å². The second-order valence-electron chi connectivity index (χ2n) is 8.58. The molecular formula is C25H29NO6. The first-order valence-electron chi connectivity index (χ1n) is 10.4. The van der Waals surface area contributed by atoms with Gasteiger partial charge in [0, 0.05) is 13.7 Å². The highest BCUT2D eigenvalue weighted by Crippen LogP contribution is 2.34. The molecule has 0 aromatic heterocycles. The van der Waals surface area contributed by atoms with E-state index in [2.05, 4.69) is 0 Å². The minimum absolute atomic E-state index is 0.0244. The molecule has 2 aromatic carbocycles. The lowest BCUT2D eigenvalue weighted by Gasteiger charge is -2.31. The van der Waals surface area contributed by atoms with Crippen LogP contribution in [-0.4, -0.2) is 54.7 Å². The molecule has 0 bridgehead atoms. The van der Waals surface area contributed by atoms with Crippen LogP contribution >= 0.6 is 0 Å². The fraction of sp³-hybridized carbons (Fsp3) is 0.360. The van der Waals surface area contributed by atoms with E-state index in [0.29, 0.717) is 24.3 Å². The molecule has 0 saturated carbocycles. The van der Waals surface area contributed by atoms with E-state index in [0.717, 1.165) is 16.7 Å². The summed E-state index contributed by atoms with van der Waals surface area (Å²) in [5.41, 5.74) is 2.84. The average molecular weight is 440 g/mol. The predicted octanol–water partition coefficient (Wildman–Crippen LogP) is 4.82. The number of carboxylic acids is 1.